The Balaban J connectivity index is 1.06. The maximum Gasteiger partial charge on any atom is 0.416 e. The molecule has 2 amide bonds. The van der Waals surface area contributed by atoms with E-state index in [0.717, 1.165) is 48.0 Å². The van der Waals surface area contributed by atoms with Crippen molar-refractivity contribution in [2.45, 2.75) is 81.3 Å². The van der Waals surface area contributed by atoms with Crippen LogP contribution in [0.2, 0.25) is 0 Å². The molecule has 3 atom stereocenters. The molecule has 46 heavy (non-hydrogen) atoms. The van der Waals surface area contributed by atoms with Crippen LogP contribution in [-0.4, -0.2) is 89.5 Å². The zero-order valence-electron chi connectivity index (χ0n) is 25.8. The van der Waals surface area contributed by atoms with Gasteiger partial charge in [-0.05, 0) is 82.1 Å². The van der Waals surface area contributed by atoms with Gasteiger partial charge in [0.05, 0.1) is 10.5 Å². The highest BCUT2D eigenvalue weighted by Crippen LogP contribution is 2.39. The summed E-state index contributed by atoms with van der Waals surface area (Å²) in [6.45, 7) is 5.88. The number of fused-ring (bicyclic) bond motifs is 3. The molecule has 0 aliphatic carbocycles. The van der Waals surface area contributed by atoms with Crippen molar-refractivity contribution in [3.63, 3.8) is 0 Å². The molecule has 248 valence electrons. The number of rotatable bonds is 5. The van der Waals surface area contributed by atoms with Crippen LogP contribution in [0.3, 0.4) is 0 Å². The number of sulfonamides is 1. The number of aromatic nitrogens is 1. The van der Waals surface area contributed by atoms with Crippen LogP contribution in [0.1, 0.15) is 62.5 Å². The molecular formula is C32H37F3N4O6S. The number of piperazine rings is 1. The van der Waals surface area contributed by atoms with E-state index >= 15 is 0 Å². The fourth-order valence-corrected chi connectivity index (χ4v) is 8.02. The van der Waals surface area contributed by atoms with Gasteiger partial charge in [0.25, 0.3) is 5.91 Å². The Hall–Kier alpha value is -3.78. The van der Waals surface area contributed by atoms with Crippen LogP contribution >= 0.6 is 0 Å². The number of carbonyl (C=O) groups is 2. The molecule has 3 saturated heterocycles. The van der Waals surface area contributed by atoms with E-state index in [9.17, 15) is 31.2 Å². The van der Waals surface area contributed by atoms with Crippen LogP contribution in [-0.2, 0) is 20.9 Å². The van der Waals surface area contributed by atoms with E-state index in [1.54, 1.807) is 11.0 Å². The fraction of sp³-hybridized carbons (Fsp3) is 0.500. The van der Waals surface area contributed by atoms with Crippen LogP contribution in [0, 0.1) is 0 Å². The van der Waals surface area contributed by atoms with Crippen molar-refractivity contribution < 1.29 is 40.7 Å². The number of hydrogen-bond acceptors (Lipinski definition) is 6. The van der Waals surface area contributed by atoms with Gasteiger partial charge in [0.2, 0.25) is 10.0 Å². The lowest BCUT2D eigenvalue weighted by molar-refractivity contribution is -0.137. The van der Waals surface area contributed by atoms with Gasteiger partial charge in [-0.2, -0.15) is 17.5 Å². The van der Waals surface area contributed by atoms with Crippen molar-refractivity contribution >= 4 is 32.9 Å². The Bertz CT molecular complexity index is 1710. The van der Waals surface area contributed by atoms with Gasteiger partial charge in [-0.15, -0.1) is 0 Å². The quantitative estimate of drug-likeness (QED) is 0.379. The molecule has 0 saturated carbocycles. The van der Waals surface area contributed by atoms with E-state index in [4.69, 9.17) is 9.47 Å². The standard InChI is InChI=1S/C32H37F3N4O6S/c1-31(2,3)45-30(41)39-22-6-7-23(39)19-25(18-22)44-24-8-11-27-20(16-24)17-28(36-27)29(40)37-12-14-38(15-13-37)46(42,43)26-9-4-21(5-10-26)32(33,34)35/h4-5,8-11,16-17,22-23,25,36H,6-7,12-15,18-19H2,1-3H3/t22-,23+,25?. The lowest BCUT2D eigenvalue weighted by Crippen LogP contribution is -2.50. The number of ether oxygens (including phenoxy) is 2. The molecule has 6 rings (SSSR count). The summed E-state index contributed by atoms with van der Waals surface area (Å²) < 4.78 is 77.9. The second-order valence-corrected chi connectivity index (χ2v) is 15.1. The zero-order chi connectivity index (χ0) is 33.0. The molecule has 0 radical (unpaired) electrons. The first-order valence-electron chi connectivity index (χ1n) is 15.4. The van der Waals surface area contributed by atoms with Gasteiger partial charge in [-0.1, -0.05) is 0 Å². The van der Waals surface area contributed by atoms with Crippen LogP contribution in [0.4, 0.5) is 18.0 Å². The van der Waals surface area contributed by atoms with Gasteiger partial charge in [0, 0.05) is 62.0 Å². The summed E-state index contributed by atoms with van der Waals surface area (Å²) >= 11 is 0. The molecule has 1 unspecified atom stereocenters. The topological polar surface area (TPSA) is 112 Å². The molecule has 4 heterocycles. The predicted molar refractivity (Wildman–Crippen MR) is 163 cm³/mol. The van der Waals surface area contributed by atoms with Crippen molar-refractivity contribution in [3.05, 3.63) is 59.8 Å². The number of amides is 2. The molecule has 3 aliphatic heterocycles. The van der Waals surface area contributed by atoms with Crippen LogP contribution in [0.5, 0.6) is 5.75 Å². The minimum absolute atomic E-state index is 0.0159. The van der Waals surface area contributed by atoms with E-state index in [1.165, 1.54) is 4.31 Å². The average molecular weight is 663 g/mol. The number of nitrogens with one attached hydrogen (secondary N) is 1. The number of halogens is 3. The van der Waals surface area contributed by atoms with Crippen molar-refractivity contribution in [1.82, 2.24) is 19.1 Å². The number of nitrogens with zero attached hydrogens (tertiary/aromatic N) is 3. The highest BCUT2D eigenvalue weighted by Gasteiger charge is 2.45. The normalized spacial score (nSPS) is 22.7. The Labute approximate surface area is 265 Å². The molecule has 1 aromatic heterocycles. The minimum atomic E-state index is -4.56. The number of alkyl halides is 3. The SMILES string of the molecule is CC(C)(C)OC(=O)N1[C@@H]2CC[C@H]1CC(Oc1ccc3[nH]c(C(=O)N4CCN(S(=O)(=O)c5ccc(C(F)(F)F)cc5)CC4)cc3c1)C2. The summed E-state index contributed by atoms with van der Waals surface area (Å²) in [7, 11) is -4.01. The Morgan fingerprint density at radius 2 is 1.52 bits per heavy atom. The average Bonchev–Trinajstić information content (AvgIpc) is 3.53. The van der Waals surface area contributed by atoms with Crippen molar-refractivity contribution in [2.24, 2.45) is 0 Å². The van der Waals surface area contributed by atoms with Crippen molar-refractivity contribution in [3.8, 4) is 5.75 Å². The van der Waals surface area contributed by atoms with Crippen molar-refractivity contribution in [1.29, 1.82) is 0 Å². The molecule has 1 N–H and O–H groups in total. The molecule has 3 aliphatic rings. The first-order chi connectivity index (χ1) is 21.6. The molecule has 14 heteroatoms. The first-order valence-corrected chi connectivity index (χ1v) is 16.8. The smallest absolute Gasteiger partial charge is 0.416 e. The predicted octanol–water partition coefficient (Wildman–Crippen LogP) is 5.64. The first kappa shape index (κ1) is 32.2. The molecule has 3 fully saturated rings. The van der Waals surface area contributed by atoms with E-state index in [1.807, 2.05) is 43.9 Å². The summed E-state index contributed by atoms with van der Waals surface area (Å²) in [4.78, 5) is 32.5. The Kier molecular flexibility index (Phi) is 8.24. The summed E-state index contributed by atoms with van der Waals surface area (Å²) in [6.07, 6.45) is -1.62. The molecule has 3 aromatic rings. The van der Waals surface area contributed by atoms with Crippen LogP contribution < -0.4 is 4.74 Å². The van der Waals surface area contributed by atoms with Gasteiger partial charge in [-0.3, -0.25) is 4.79 Å². The van der Waals surface area contributed by atoms with Gasteiger partial charge in [0.15, 0.2) is 0 Å². The maximum absolute atomic E-state index is 13.3. The van der Waals surface area contributed by atoms with Gasteiger partial charge < -0.3 is 24.3 Å². The summed E-state index contributed by atoms with van der Waals surface area (Å²) in [5.74, 6) is 0.388. The third-order valence-electron chi connectivity index (χ3n) is 8.76. The largest absolute Gasteiger partial charge is 0.490 e. The molecule has 10 nitrogen and oxygen atoms in total. The Morgan fingerprint density at radius 1 is 0.891 bits per heavy atom. The Morgan fingerprint density at radius 3 is 2.11 bits per heavy atom. The van der Waals surface area contributed by atoms with E-state index in [2.05, 4.69) is 4.98 Å². The van der Waals surface area contributed by atoms with Crippen LogP contribution in [0.15, 0.2) is 53.4 Å². The number of hydrogen-bond donors (Lipinski definition) is 1. The number of aromatic amines is 1. The summed E-state index contributed by atoms with van der Waals surface area (Å²) in [6, 6.07) is 10.9. The maximum atomic E-state index is 13.3. The van der Waals surface area contributed by atoms with Crippen LogP contribution in [0.25, 0.3) is 10.9 Å². The number of piperidine rings is 1. The highest BCUT2D eigenvalue weighted by molar-refractivity contribution is 7.89. The van der Waals surface area contributed by atoms with E-state index < -0.39 is 27.4 Å². The van der Waals surface area contributed by atoms with E-state index in [0.29, 0.717) is 24.3 Å². The number of H-pyrrole nitrogens is 1. The van der Waals surface area contributed by atoms with Gasteiger partial charge >= 0.3 is 12.3 Å². The van der Waals surface area contributed by atoms with Crippen molar-refractivity contribution in [2.75, 3.05) is 26.2 Å². The monoisotopic (exact) mass is 662 g/mol. The zero-order valence-corrected chi connectivity index (χ0v) is 26.7. The van der Waals surface area contributed by atoms with E-state index in [-0.39, 0.29) is 61.3 Å². The highest BCUT2D eigenvalue weighted by atomic mass is 32.2. The lowest BCUT2D eigenvalue weighted by atomic mass is 10.00. The molecule has 0 spiro atoms. The second kappa shape index (κ2) is 11.8. The molecular weight excluding hydrogens is 625 g/mol. The lowest BCUT2D eigenvalue weighted by Gasteiger charge is -2.39. The number of benzene rings is 2. The second-order valence-electron chi connectivity index (χ2n) is 13.1. The fourth-order valence-electron chi connectivity index (χ4n) is 6.59. The molecule has 2 aromatic carbocycles. The van der Waals surface area contributed by atoms with Gasteiger partial charge in [0.1, 0.15) is 23.1 Å². The third-order valence-corrected chi connectivity index (χ3v) is 10.7. The minimum Gasteiger partial charge on any atom is -0.490 e. The summed E-state index contributed by atoms with van der Waals surface area (Å²) in [5, 5.41) is 0.790. The molecule has 2 bridgehead atoms. The number of carbonyl (C=O) groups excluding carboxylic acids is 2. The third kappa shape index (κ3) is 6.55. The summed E-state index contributed by atoms with van der Waals surface area (Å²) in [5.41, 5.74) is -0.371. The van der Waals surface area contributed by atoms with Gasteiger partial charge in [-0.25, -0.2) is 13.2 Å².